The summed E-state index contributed by atoms with van der Waals surface area (Å²) in [6.45, 7) is 10.7. The Bertz CT molecular complexity index is 1280. The molecule has 208 valence electrons. The number of halogens is 2. The second-order valence-electron chi connectivity index (χ2n) is 10.4. The number of fused-ring (bicyclic) bond motifs is 1. The predicted molar refractivity (Wildman–Crippen MR) is 156 cm³/mol. The highest BCUT2D eigenvalue weighted by Gasteiger charge is 2.33. The van der Waals surface area contributed by atoms with Gasteiger partial charge in [0.05, 0.1) is 11.7 Å². The molecule has 1 heterocycles. The Morgan fingerprint density at radius 2 is 1.72 bits per heavy atom. The number of carbonyl (C=O) groups is 1. The van der Waals surface area contributed by atoms with Crippen molar-refractivity contribution in [3.8, 4) is 16.9 Å². The Morgan fingerprint density at radius 3 is 2.38 bits per heavy atom. The highest BCUT2D eigenvalue weighted by Crippen LogP contribution is 2.43. The number of benzene rings is 3. The maximum Gasteiger partial charge on any atom is 0.394 e. The molecule has 3 aromatic rings. The average Bonchev–Trinajstić information content (AvgIpc) is 2.88. The monoisotopic (exact) mass is 535 g/mol. The molecule has 1 aliphatic heterocycles. The molecular weight excluding hydrogens is 496 g/mol. The van der Waals surface area contributed by atoms with Crippen molar-refractivity contribution >= 4 is 23.0 Å². The van der Waals surface area contributed by atoms with Gasteiger partial charge in [0, 0.05) is 44.4 Å². The Kier molecular flexibility index (Phi) is 8.78. The number of hydrogen-bond donors (Lipinski definition) is 1. The summed E-state index contributed by atoms with van der Waals surface area (Å²) < 4.78 is 32.4. The molecule has 0 spiro atoms. The van der Waals surface area contributed by atoms with Crippen LogP contribution in [0.25, 0.3) is 11.1 Å². The van der Waals surface area contributed by atoms with Gasteiger partial charge in [-0.05, 0) is 79.3 Å². The predicted octanol–water partition coefficient (Wildman–Crippen LogP) is 8.27. The van der Waals surface area contributed by atoms with Crippen molar-refractivity contribution in [2.75, 3.05) is 28.2 Å². The topological polar surface area (TPSA) is 44.8 Å². The lowest BCUT2D eigenvalue weighted by molar-refractivity contribution is -0.158. The van der Waals surface area contributed by atoms with Crippen molar-refractivity contribution in [1.82, 2.24) is 0 Å². The third kappa shape index (κ3) is 6.70. The lowest BCUT2D eigenvalue weighted by Crippen LogP contribution is -2.43. The van der Waals surface area contributed by atoms with Crippen LogP contribution in [-0.2, 0) is 4.79 Å². The van der Waals surface area contributed by atoms with Crippen LogP contribution in [-0.4, -0.2) is 31.1 Å². The van der Waals surface area contributed by atoms with E-state index >= 15 is 0 Å². The molecular formula is C32H39F2N3O2. The van der Waals surface area contributed by atoms with E-state index in [-0.39, 0.29) is 23.7 Å². The normalized spacial score (nSPS) is 16.9. The van der Waals surface area contributed by atoms with E-state index in [0.29, 0.717) is 12.1 Å². The minimum absolute atomic E-state index is 0.0268. The van der Waals surface area contributed by atoms with E-state index in [1.54, 1.807) is 25.1 Å². The fourth-order valence-electron chi connectivity index (χ4n) is 5.51. The molecule has 39 heavy (non-hydrogen) atoms. The fourth-order valence-corrected chi connectivity index (χ4v) is 5.51. The third-order valence-electron chi connectivity index (χ3n) is 7.06. The van der Waals surface area contributed by atoms with Gasteiger partial charge in [0.1, 0.15) is 5.75 Å². The van der Waals surface area contributed by atoms with Gasteiger partial charge in [-0.2, -0.15) is 8.78 Å². The SMILES string of the molecule is CCCN(CCC)c1cccc(-c2ccc3c(c2)[C@H](Nc2ccccc2OC(C)(F)F)C[C@H](C)N3C(C)=O)c1. The number of ether oxygens (including phenoxy) is 1. The van der Waals surface area contributed by atoms with Crippen LogP contribution >= 0.6 is 0 Å². The number of hydrogen-bond acceptors (Lipinski definition) is 4. The molecule has 0 bridgehead atoms. The van der Waals surface area contributed by atoms with Crippen LogP contribution in [0.4, 0.5) is 25.8 Å². The maximum absolute atomic E-state index is 13.7. The first-order chi connectivity index (χ1) is 18.6. The second kappa shape index (κ2) is 12.1. The molecule has 0 unspecified atom stereocenters. The van der Waals surface area contributed by atoms with Crippen LogP contribution in [0, 0.1) is 0 Å². The molecule has 3 aromatic carbocycles. The molecule has 1 aliphatic rings. The van der Waals surface area contributed by atoms with E-state index < -0.39 is 6.11 Å². The quantitative estimate of drug-likeness (QED) is 0.284. The van der Waals surface area contributed by atoms with E-state index in [4.69, 9.17) is 4.74 Å². The Labute approximate surface area is 230 Å². The van der Waals surface area contributed by atoms with Gasteiger partial charge in [-0.25, -0.2) is 0 Å². The number of nitrogens with zero attached hydrogens (tertiary/aromatic N) is 2. The molecule has 4 rings (SSSR count). The molecule has 1 amide bonds. The van der Waals surface area contributed by atoms with Gasteiger partial charge in [-0.1, -0.05) is 44.2 Å². The Balaban J connectivity index is 1.75. The highest BCUT2D eigenvalue weighted by atomic mass is 19.3. The molecule has 0 saturated heterocycles. The minimum Gasteiger partial charge on any atom is -0.431 e. The minimum atomic E-state index is -3.30. The first kappa shape index (κ1) is 28.4. The standard InChI is InChI=1S/C32H39F2N3O2/c1-6-17-36(18-7-2)26-12-10-11-24(20-26)25-15-16-30-27(21-25)29(19-22(3)37(30)23(4)38)35-28-13-8-9-14-31(28)39-32(5,33)34/h8-16,20-22,29,35H,6-7,17-19H2,1-5H3/t22-,29+/m0/s1. The van der Waals surface area contributed by atoms with Crippen LogP contribution in [0.5, 0.6) is 5.75 Å². The molecule has 0 aromatic heterocycles. The molecule has 0 fully saturated rings. The zero-order chi connectivity index (χ0) is 28.2. The van der Waals surface area contributed by atoms with E-state index in [0.717, 1.165) is 55.2 Å². The smallest absolute Gasteiger partial charge is 0.394 e. The lowest BCUT2D eigenvalue weighted by Gasteiger charge is -2.40. The number of anilines is 3. The van der Waals surface area contributed by atoms with Gasteiger partial charge in [0.25, 0.3) is 0 Å². The van der Waals surface area contributed by atoms with Crippen LogP contribution in [0.15, 0.2) is 66.7 Å². The van der Waals surface area contributed by atoms with Gasteiger partial charge >= 0.3 is 6.11 Å². The second-order valence-corrected chi connectivity index (χ2v) is 10.4. The van der Waals surface area contributed by atoms with Crippen LogP contribution in [0.3, 0.4) is 0 Å². The first-order valence-electron chi connectivity index (χ1n) is 13.8. The highest BCUT2D eigenvalue weighted by molar-refractivity contribution is 5.94. The molecule has 7 heteroatoms. The van der Waals surface area contributed by atoms with Crippen LogP contribution in [0.1, 0.15) is 65.5 Å². The van der Waals surface area contributed by atoms with Crippen molar-refractivity contribution in [3.63, 3.8) is 0 Å². The van der Waals surface area contributed by atoms with Crippen molar-refractivity contribution < 1.29 is 18.3 Å². The largest absolute Gasteiger partial charge is 0.431 e. The van der Waals surface area contributed by atoms with Crippen LogP contribution in [0.2, 0.25) is 0 Å². The summed E-state index contributed by atoms with van der Waals surface area (Å²) in [5, 5.41) is 3.46. The van der Waals surface area contributed by atoms with Gasteiger partial charge in [-0.3, -0.25) is 4.79 Å². The van der Waals surface area contributed by atoms with E-state index in [1.165, 1.54) is 11.8 Å². The summed E-state index contributed by atoms with van der Waals surface area (Å²) in [6.07, 6.45) is -0.536. The number of rotatable bonds is 10. The zero-order valence-corrected chi connectivity index (χ0v) is 23.5. The van der Waals surface area contributed by atoms with E-state index in [9.17, 15) is 13.6 Å². The number of carbonyl (C=O) groups excluding carboxylic acids is 1. The van der Waals surface area contributed by atoms with Crippen molar-refractivity contribution in [2.24, 2.45) is 0 Å². The first-order valence-corrected chi connectivity index (χ1v) is 13.8. The van der Waals surface area contributed by atoms with Gasteiger partial charge in [0.2, 0.25) is 5.91 Å². The number of para-hydroxylation sites is 2. The lowest BCUT2D eigenvalue weighted by atomic mass is 9.88. The number of amides is 1. The molecule has 0 aliphatic carbocycles. The van der Waals surface area contributed by atoms with Crippen molar-refractivity contribution in [1.29, 1.82) is 0 Å². The Morgan fingerprint density at radius 1 is 1.03 bits per heavy atom. The molecule has 0 radical (unpaired) electrons. The van der Waals surface area contributed by atoms with Gasteiger partial charge in [0.15, 0.2) is 0 Å². The number of nitrogens with one attached hydrogen (secondary N) is 1. The molecule has 5 nitrogen and oxygen atoms in total. The summed E-state index contributed by atoms with van der Waals surface area (Å²) in [5.74, 6) is 0.0603. The Hall–Kier alpha value is -3.61. The van der Waals surface area contributed by atoms with Gasteiger partial charge < -0.3 is 19.9 Å². The number of alkyl halides is 2. The molecule has 2 atom stereocenters. The summed E-state index contributed by atoms with van der Waals surface area (Å²) in [5.41, 5.74) is 5.58. The third-order valence-corrected chi connectivity index (χ3v) is 7.06. The summed E-state index contributed by atoms with van der Waals surface area (Å²) in [6, 6.07) is 21.2. The summed E-state index contributed by atoms with van der Waals surface area (Å²) in [4.78, 5) is 16.9. The zero-order valence-electron chi connectivity index (χ0n) is 23.5. The molecule has 0 saturated carbocycles. The van der Waals surface area contributed by atoms with Crippen molar-refractivity contribution in [3.05, 3.63) is 72.3 Å². The van der Waals surface area contributed by atoms with Crippen LogP contribution < -0.4 is 19.9 Å². The summed E-state index contributed by atoms with van der Waals surface area (Å²) in [7, 11) is 0. The van der Waals surface area contributed by atoms with Crippen molar-refractivity contribution in [2.45, 2.75) is 72.1 Å². The average molecular weight is 536 g/mol. The maximum atomic E-state index is 13.7. The van der Waals surface area contributed by atoms with E-state index in [1.807, 2.05) is 17.9 Å². The fraction of sp³-hybridized carbons (Fsp3) is 0.406. The molecule has 1 N–H and O–H groups in total. The van der Waals surface area contributed by atoms with E-state index in [2.05, 4.69) is 60.5 Å². The summed E-state index contributed by atoms with van der Waals surface area (Å²) >= 11 is 0. The van der Waals surface area contributed by atoms with Gasteiger partial charge in [-0.15, -0.1) is 0 Å².